The second-order valence-corrected chi connectivity index (χ2v) is 4.84. The lowest BCUT2D eigenvalue weighted by Gasteiger charge is -2.26. The molecule has 0 aromatic rings. The zero-order valence-corrected chi connectivity index (χ0v) is 9.73. The van der Waals surface area contributed by atoms with Crippen molar-refractivity contribution in [2.24, 2.45) is 11.8 Å². The van der Waals surface area contributed by atoms with Crippen molar-refractivity contribution >= 4 is 5.91 Å². The minimum Gasteiger partial charge on any atom is -0.396 e. The molecule has 92 valence electrons. The van der Waals surface area contributed by atoms with Gasteiger partial charge in [0.1, 0.15) is 0 Å². The van der Waals surface area contributed by atoms with Crippen LogP contribution in [0.3, 0.4) is 0 Å². The number of amides is 1. The van der Waals surface area contributed by atoms with Gasteiger partial charge in [0.15, 0.2) is 0 Å². The second-order valence-electron chi connectivity index (χ2n) is 4.84. The number of rotatable bonds is 3. The van der Waals surface area contributed by atoms with Crippen LogP contribution in [0.5, 0.6) is 0 Å². The van der Waals surface area contributed by atoms with Crippen molar-refractivity contribution in [3.05, 3.63) is 0 Å². The van der Waals surface area contributed by atoms with Gasteiger partial charge in [0.2, 0.25) is 5.91 Å². The molecule has 2 saturated heterocycles. The lowest BCUT2D eigenvalue weighted by Crippen LogP contribution is -2.37. The first kappa shape index (κ1) is 11.9. The molecule has 0 aliphatic carbocycles. The lowest BCUT2D eigenvalue weighted by molar-refractivity contribution is -0.137. The Kier molecular flexibility index (Phi) is 4.18. The maximum atomic E-state index is 12.2. The quantitative estimate of drug-likeness (QED) is 0.770. The van der Waals surface area contributed by atoms with E-state index in [4.69, 9.17) is 9.84 Å². The Balaban J connectivity index is 1.81. The van der Waals surface area contributed by atoms with Gasteiger partial charge in [-0.05, 0) is 31.6 Å². The Morgan fingerprint density at radius 2 is 2.06 bits per heavy atom. The third kappa shape index (κ3) is 2.74. The summed E-state index contributed by atoms with van der Waals surface area (Å²) in [4.78, 5) is 14.1. The molecule has 0 saturated carbocycles. The lowest BCUT2D eigenvalue weighted by atomic mass is 9.99. The van der Waals surface area contributed by atoms with Gasteiger partial charge in [0.05, 0.1) is 0 Å². The van der Waals surface area contributed by atoms with Gasteiger partial charge >= 0.3 is 0 Å². The molecular weight excluding hydrogens is 206 g/mol. The fourth-order valence-electron chi connectivity index (χ4n) is 2.65. The third-order valence-corrected chi connectivity index (χ3v) is 3.71. The molecule has 1 amide bonds. The molecule has 1 N–H and O–H groups in total. The van der Waals surface area contributed by atoms with Crippen molar-refractivity contribution in [2.75, 3.05) is 32.9 Å². The number of aliphatic hydroxyl groups excluding tert-OH is 1. The Morgan fingerprint density at radius 1 is 1.31 bits per heavy atom. The number of aliphatic hydroxyl groups is 1. The molecule has 0 spiro atoms. The minimum atomic E-state index is 0.182. The van der Waals surface area contributed by atoms with Crippen molar-refractivity contribution < 1.29 is 14.6 Å². The predicted molar refractivity (Wildman–Crippen MR) is 59.9 cm³/mol. The van der Waals surface area contributed by atoms with Gasteiger partial charge in [-0.2, -0.15) is 0 Å². The van der Waals surface area contributed by atoms with Crippen LogP contribution in [-0.4, -0.2) is 48.8 Å². The number of hydrogen-bond acceptors (Lipinski definition) is 3. The summed E-state index contributed by atoms with van der Waals surface area (Å²) < 4.78 is 5.27. The van der Waals surface area contributed by atoms with E-state index in [0.29, 0.717) is 11.8 Å². The molecule has 0 aromatic heterocycles. The third-order valence-electron chi connectivity index (χ3n) is 3.71. The van der Waals surface area contributed by atoms with E-state index >= 15 is 0 Å². The number of hydrogen-bond donors (Lipinski definition) is 1. The summed E-state index contributed by atoms with van der Waals surface area (Å²) in [7, 11) is 0. The van der Waals surface area contributed by atoms with Crippen molar-refractivity contribution in [3.8, 4) is 0 Å². The zero-order valence-electron chi connectivity index (χ0n) is 9.73. The summed E-state index contributed by atoms with van der Waals surface area (Å²) >= 11 is 0. The number of likely N-dealkylation sites (tertiary alicyclic amines) is 1. The smallest absolute Gasteiger partial charge is 0.225 e. The van der Waals surface area contributed by atoms with Gasteiger partial charge in [-0.1, -0.05) is 0 Å². The number of carbonyl (C=O) groups is 1. The van der Waals surface area contributed by atoms with Crippen LogP contribution in [0, 0.1) is 11.8 Å². The van der Waals surface area contributed by atoms with Gasteiger partial charge in [0, 0.05) is 38.8 Å². The number of nitrogens with zero attached hydrogens (tertiary/aromatic N) is 1. The van der Waals surface area contributed by atoms with Gasteiger partial charge in [-0.15, -0.1) is 0 Å². The standard InChI is InChI=1S/C12H21NO3/c14-6-2-10-1-5-13(9-10)12(15)11-3-7-16-8-4-11/h10-11,14H,1-9H2. The summed E-state index contributed by atoms with van der Waals surface area (Å²) in [5.41, 5.74) is 0. The molecule has 2 aliphatic heterocycles. The summed E-state index contributed by atoms with van der Waals surface area (Å²) in [5.74, 6) is 0.999. The van der Waals surface area contributed by atoms with Gasteiger partial charge in [-0.3, -0.25) is 4.79 Å². The van der Waals surface area contributed by atoms with Crippen molar-refractivity contribution in [2.45, 2.75) is 25.7 Å². The average molecular weight is 227 g/mol. The first-order chi connectivity index (χ1) is 7.81. The Hall–Kier alpha value is -0.610. The zero-order chi connectivity index (χ0) is 11.4. The highest BCUT2D eigenvalue weighted by Gasteiger charge is 2.31. The first-order valence-electron chi connectivity index (χ1n) is 6.28. The van der Waals surface area contributed by atoms with Crippen molar-refractivity contribution in [1.29, 1.82) is 0 Å². The van der Waals surface area contributed by atoms with E-state index in [1.807, 2.05) is 4.90 Å². The Labute approximate surface area is 96.6 Å². The minimum absolute atomic E-state index is 0.182. The highest BCUT2D eigenvalue weighted by Crippen LogP contribution is 2.24. The first-order valence-corrected chi connectivity index (χ1v) is 6.28. The van der Waals surface area contributed by atoms with Gasteiger partial charge < -0.3 is 14.7 Å². The molecule has 2 aliphatic rings. The van der Waals surface area contributed by atoms with Crippen LogP contribution in [0.25, 0.3) is 0 Å². The fraction of sp³-hybridized carbons (Fsp3) is 0.917. The van der Waals surface area contributed by atoms with E-state index in [1.54, 1.807) is 0 Å². The summed E-state index contributed by atoms with van der Waals surface area (Å²) in [6.07, 6.45) is 3.63. The van der Waals surface area contributed by atoms with Crippen LogP contribution in [0.1, 0.15) is 25.7 Å². The monoisotopic (exact) mass is 227 g/mol. The molecule has 1 atom stereocenters. The van der Waals surface area contributed by atoms with E-state index < -0.39 is 0 Å². The van der Waals surface area contributed by atoms with Gasteiger partial charge in [0.25, 0.3) is 0 Å². The summed E-state index contributed by atoms with van der Waals surface area (Å²) in [6.45, 7) is 3.41. The highest BCUT2D eigenvalue weighted by molar-refractivity contribution is 5.79. The Bertz CT molecular complexity index is 238. The second kappa shape index (κ2) is 5.64. The molecule has 0 bridgehead atoms. The predicted octanol–water partition coefficient (Wildman–Crippen LogP) is 0.644. The summed E-state index contributed by atoms with van der Waals surface area (Å²) in [5, 5.41) is 8.88. The molecule has 0 radical (unpaired) electrons. The van der Waals surface area contributed by atoms with E-state index in [2.05, 4.69) is 0 Å². The molecule has 4 nitrogen and oxygen atoms in total. The van der Waals surface area contributed by atoms with Crippen molar-refractivity contribution in [1.82, 2.24) is 4.90 Å². The topological polar surface area (TPSA) is 49.8 Å². The maximum Gasteiger partial charge on any atom is 0.225 e. The number of ether oxygens (including phenoxy) is 1. The van der Waals surface area contributed by atoms with Crippen LogP contribution >= 0.6 is 0 Å². The summed E-state index contributed by atoms with van der Waals surface area (Å²) in [6, 6.07) is 0. The average Bonchev–Trinajstić information content (AvgIpc) is 2.78. The van der Waals surface area contributed by atoms with E-state index in [9.17, 15) is 4.79 Å². The fourth-order valence-corrected chi connectivity index (χ4v) is 2.65. The number of carbonyl (C=O) groups excluding carboxylic acids is 1. The molecular formula is C12H21NO3. The molecule has 2 heterocycles. The van der Waals surface area contributed by atoms with Crippen LogP contribution in [0.4, 0.5) is 0 Å². The van der Waals surface area contributed by atoms with E-state index in [1.165, 1.54) is 0 Å². The molecule has 2 rings (SSSR count). The molecule has 0 aromatic carbocycles. The van der Waals surface area contributed by atoms with Crippen LogP contribution in [0.2, 0.25) is 0 Å². The van der Waals surface area contributed by atoms with Crippen LogP contribution in [-0.2, 0) is 9.53 Å². The molecule has 2 fully saturated rings. The van der Waals surface area contributed by atoms with Gasteiger partial charge in [-0.25, -0.2) is 0 Å². The largest absolute Gasteiger partial charge is 0.396 e. The highest BCUT2D eigenvalue weighted by atomic mass is 16.5. The Morgan fingerprint density at radius 3 is 2.75 bits per heavy atom. The van der Waals surface area contributed by atoms with Crippen LogP contribution in [0.15, 0.2) is 0 Å². The molecule has 1 unspecified atom stereocenters. The van der Waals surface area contributed by atoms with Crippen molar-refractivity contribution in [3.63, 3.8) is 0 Å². The SMILES string of the molecule is O=C(C1CCOCC1)N1CCC(CCO)C1. The van der Waals surface area contributed by atoms with E-state index in [-0.39, 0.29) is 12.5 Å². The van der Waals surface area contributed by atoms with Crippen LogP contribution < -0.4 is 0 Å². The normalized spacial score (nSPS) is 27.3. The molecule has 16 heavy (non-hydrogen) atoms. The van der Waals surface area contributed by atoms with E-state index in [0.717, 1.165) is 52.0 Å². The maximum absolute atomic E-state index is 12.2. The molecule has 4 heteroatoms.